The average Bonchev–Trinajstić information content (AvgIpc) is 2.31. The van der Waals surface area contributed by atoms with E-state index in [0.717, 1.165) is 0 Å². The largest absolute Gasteiger partial charge is 0.490 e. The van der Waals surface area contributed by atoms with Gasteiger partial charge in [-0.15, -0.1) is 0 Å². The van der Waals surface area contributed by atoms with Gasteiger partial charge in [-0.25, -0.2) is 4.79 Å². The van der Waals surface area contributed by atoms with Gasteiger partial charge in [-0.3, -0.25) is 0 Å². The van der Waals surface area contributed by atoms with E-state index in [2.05, 4.69) is 0 Å². The highest BCUT2D eigenvalue weighted by atomic mass is 16.5. The molecule has 0 amide bonds. The maximum atomic E-state index is 11.2. The van der Waals surface area contributed by atoms with Crippen LogP contribution in [-0.2, 0) is 4.74 Å². The maximum absolute atomic E-state index is 11.2. The van der Waals surface area contributed by atoms with Gasteiger partial charge in [-0.2, -0.15) is 0 Å². The van der Waals surface area contributed by atoms with Gasteiger partial charge in [0.2, 0.25) is 0 Å². The van der Waals surface area contributed by atoms with Crippen LogP contribution in [0.3, 0.4) is 0 Å². The molecule has 5 nitrogen and oxygen atoms in total. The van der Waals surface area contributed by atoms with Crippen molar-refractivity contribution in [2.24, 2.45) is 0 Å². The normalized spacial score (nSPS) is 11.9. The van der Waals surface area contributed by atoms with Crippen molar-refractivity contribution < 1.29 is 24.1 Å². The van der Waals surface area contributed by atoms with Crippen molar-refractivity contribution in [1.29, 1.82) is 0 Å². The molecule has 1 rings (SSSR count). The molecule has 1 aromatic carbocycles. The Balaban J connectivity index is 3.05. The van der Waals surface area contributed by atoms with E-state index in [1.54, 1.807) is 26.2 Å². The summed E-state index contributed by atoms with van der Waals surface area (Å²) in [5.41, 5.74) is 0.0869. The van der Waals surface area contributed by atoms with Gasteiger partial charge >= 0.3 is 5.97 Å². The number of hydrogen-bond acceptors (Lipinski definition) is 4. The molecule has 0 saturated heterocycles. The summed E-state index contributed by atoms with van der Waals surface area (Å²) < 4.78 is 15.9. The predicted molar refractivity (Wildman–Crippen MR) is 66.5 cm³/mol. The van der Waals surface area contributed by atoms with Gasteiger partial charge in [0.1, 0.15) is 11.7 Å². The molecular formula is C13H18O5. The van der Waals surface area contributed by atoms with Crippen LogP contribution in [0.25, 0.3) is 0 Å². The highest BCUT2D eigenvalue weighted by Crippen LogP contribution is 2.32. The first-order valence-corrected chi connectivity index (χ1v) is 5.74. The summed E-state index contributed by atoms with van der Waals surface area (Å²) in [5.74, 6) is -0.368. The van der Waals surface area contributed by atoms with E-state index in [0.29, 0.717) is 19.0 Å². The minimum atomic E-state index is -1.05. The summed E-state index contributed by atoms with van der Waals surface area (Å²) in [6.07, 6.45) is -0.255. The second-order valence-electron chi connectivity index (χ2n) is 3.75. The molecule has 0 bridgehead atoms. The van der Waals surface area contributed by atoms with Crippen molar-refractivity contribution in [3.8, 4) is 11.5 Å². The van der Waals surface area contributed by atoms with Crippen molar-refractivity contribution in [2.75, 3.05) is 20.3 Å². The number of carboxylic acid groups (broad SMARTS) is 1. The minimum absolute atomic E-state index is 0.0869. The summed E-state index contributed by atoms with van der Waals surface area (Å²) in [7, 11) is 1.56. The molecule has 100 valence electrons. The average molecular weight is 254 g/mol. The first-order valence-electron chi connectivity index (χ1n) is 5.74. The molecular weight excluding hydrogens is 236 g/mol. The third-order valence-corrected chi connectivity index (χ3v) is 2.23. The summed E-state index contributed by atoms with van der Waals surface area (Å²) in [5, 5.41) is 9.13. The van der Waals surface area contributed by atoms with E-state index in [1.807, 2.05) is 6.92 Å². The topological polar surface area (TPSA) is 65.0 Å². The van der Waals surface area contributed by atoms with Crippen LogP contribution in [0.4, 0.5) is 0 Å². The molecule has 0 aliphatic rings. The molecule has 0 aliphatic heterocycles. The van der Waals surface area contributed by atoms with E-state index in [4.69, 9.17) is 19.3 Å². The Morgan fingerprint density at radius 1 is 1.44 bits per heavy atom. The quantitative estimate of drug-likeness (QED) is 0.808. The minimum Gasteiger partial charge on any atom is -0.490 e. The van der Waals surface area contributed by atoms with E-state index < -0.39 is 5.97 Å². The Hall–Kier alpha value is -1.75. The molecule has 1 aromatic rings. The first kappa shape index (κ1) is 14.3. The molecule has 5 heteroatoms. The molecule has 1 N–H and O–H groups in total. The van der Waals surface area contributed by atoms with Crippen molar-refractivity contribution in [1.82, 2.24) is 0 Å². The van der Waals surface area contributed by atoms with E-state index in [9.17, 15) is 4.79 Å². The number of benzene rings is 1. The summed E-state index contributed by atoms with van der Waals surface area (Å²) in [4.78, 5) is 11.2. The van der Waals surface area contributed by atoms with E-state index >= 15 is 0 Å². The fourth-order valence-electron chi connectivity index (χ4n) is 1.54. The smallest absolute Gasteiger partial charge is 0.339 e. The Kier molecular flexibility index (Phi) is 5.45. The number of aromatic carboxylic acids is 1. The molecule has 0 saturated carbocycles. The number of carboxylic acids is 1. The van der Waals surface area contributed by atoms with Gasteiger partial charge in [0, 0.05) is 7.11 Å². The van der Waals surface area contributed by atoms with E-state index in [-0.39, 0.29) is 17.4 Å². The number of rotatable bonds is 7. The van der Waals surface area contributed by atoms with Gasteiger partial charge in [0.25, 0.3) is 0 Å². The lowest BCUT2D eigenvalue weighted by atomic mass is 10.2. The van der Waals surface area contributed by atoms with Crippen LogP contribution in [0.5, 0.6) is 11.5 Å². The second-order valence-corrected chi connectivity index (χ2v) is 3.75. The highest BCUT2D eigenvalue weighted by Gasteiger charge is 2.18. The third-order valence-electron chi connectivity index (χ3n) is 2.23. The van der Waals surface area contributed by atoms with Crippen LogP contribution in [0.2, 0.25) is 0 Å². The standard InChI is InChI=1S/C13H18O5/c1-4-17-11-7-5-6-10(13(14)15)12(11)18-9(2)8-16-3/h5-7,9H,4,8H2,1-3H3,(H,14,15). The van der Waals surface area contributed by atoms with Crippen molar-refractivity contribution >= 4 is 5.97 Å². The lowest BCUT2D eigenvalue weighted by Gasteiger charge is -2.18. The molecule has 0 aliphatic carbocycles. The summed E-state index contributed by atoms with van der Waals surface area (Å²) in [6.45, 7) is 4.45. The second kappa shape index (κ2) is 6.86. The summed E-state index contributed by atoms with van der Waals surface area (Å²) in [6, 6.07) is 4.80. The zero-order chi connectivity index (χ0) is 13.5. The van der Waals surface area contributed by atoms with Crippen LogP contribution >= 0.6 is 0 Å². The third kappa shape index (κ3) is 3.63. The number of para-hydroxylation sites is 1. The zero-order valence-electron chi connectivity index (χ0n) is 10.8. The molecule has 0 fully saturated rings. The van der Waals surface area contributed by atoms with Gasteiger partial charge < -0.3 is 19.3 Å². The SMILES string of the molecule is CCOc1cccc(C(=O)O)c1OC(C)COC. The summed E-state index contributed by atoms with van der Waals surface area (Å²) >= 11 is 0. The monoisotopic (exact) mass is 254 g/mol. The van der Waals surface area contributed by atoms with Gasteiger partial charge in [-0.05, 0) is 26.0 Å². The lowest BCUT2D eigenvalue weighted by molar-refractivity contribution is 0.0668. The van der Waals surface area contributed by atoms with Crippen LogP contribution in [0.15, 0.2) is 18.2 Å². The van der Waals surface area contributed by atoms with Crippen LogP contribution in [0, 0.1) is 0 Å². The Bertz CT molecular complexity index is 402. The van der Waals surface area contributed by atoms with Gasteiger partial charge in [-0.1, -0.05) is 6.07 Å². The lowest BCUT2D eigenvalue weighted by Crippen LogP contribution is -2.20. The van der Waals surface area contributed by atoms with Crippen LogP contribution < -0.4 is 9.47 Å². The van der Waals surface area contributed by atoms with Crippen LogP contribution in [0.1, 0.15) is 24.2 Å². The molecule has 18 heavy (non-hydrogen) atoms. The predicted octanol–water partition coefficient (Wildman–Crippen LogP) is 2.20. The Morgan fingerprint density at radius 2 is 2.17 bits per heavy atom. The maximum Gasteiger partial charge on any atom is 0.339 e. The molecule has 1 atom stereocenters. The molecule has 0 radical (unpaired) electrons. The van der Waals surface area contributed by atoms with Crippen molar-refractivity contribution in [3.63, 3.8) is 0 Å². The molecule has 1 unspecified atom stereocenters. The van der Waals surface area contributed by atoms with Crippen LogP contribution in [-0.4, -0.2) is 37.5 Å². The number of hydrogen-bond donors (Lipinski definition) is 1. The fourth-order valence-corrected chi connectivity index (χ4v) is 1.54. The Labute approximate surface area is 106 Å². The number of carbonyl (C=O) groups is 1. The molecule has 0 heterocycles. The van der Waals surface area contributed by atoms with Gasteiger partial charge in [0.05, 0.1) is 13.2 Å². The van der Waals surface area contributed by atoms with Gasteiger partial charge in [0.15, 0.2) is 11.5 Å². The molecule has 0 aromatic heterocycles. The first-order chi connectivity index (χ1) is 8.60. The fraction of sp³-hybridized carbons (Fsp3) is 0.462. The van der Waals surface area contributed by atoms with E-state index in [1.165, 1.54) is 6.07 Å². The van der Waals surface area contributed by atoms with Crippen molar-refractivity contribution in [2.45, 2.75) is 20.0 Å². The molecule has 0 spiro atoms. The van der Waals surface area contributed by atoms with Crippen molar-refractivity contribution in [3.05, 3.63) is 23.8 Å². The highest BCUT2D eigenvalue weighted by molar-refractivity contribution is 5.92. The number of methoxy groups -OCH3 is 1. The zero-order valence-corrected chi connectivity index (χ0v) is 10.8. The number of ether oxygens (including phenoxy) is 3. The Morgan fingerprint density at radius 3 is 2.72 bits per heavy atom.